The van der Waals surface area contributed by atoms with Gasteiger partial charge in [-0.05, 0) is 86.1 Å². The lowest BCUT2D eigenvalue weighted by Crippen LogP contribution is -2.38. The molecule has 32 heavy (non-hydrogen) atoms. The maximum Gasteiger partial charge on any atom is 0.249 e. The molecule has 4 heteroatoms. The van der Waals surface area contributed by atoms with Gasteiger partial charge in [-0.15, -0.1) is 0 Å². The first-order valence-electron chi connectivity index (χ1n) is 11.1. The summed E-state index contributed by atoms with van der Waals surface area (Å²) >= 11 is 0. The molecule has 3 aromatic carbocycles. The van der Waals surface area contributed by atoms with Gasteiger partial charge in [0, 0.05) is 22.6 Å². The fourth-order valence-corrected chi connectivity index (χ4v) is 3.65. The van der Waals surface area contributed by atoms with Gasteiger partial charge in [0.15, 0.2) is 0 Å². The van der Waals surface area contributed by atoms with Crippen LogP contribution in [-0.4, -0.2) is 0 Å². The fourth-order valence-electron chi connectivity index (χ4n) is 3.65. The van der Waals surface area contributed by atoms with Crippen LogP contribution < -0.4 is 21.5 Å². The second-order valence-electron chi connectivity index (χ2n) is 9.28. The van der Waals surface area contributed by atoms with Crippen molar-refractivity contribution in [3.63, 3.8) is 0 Å². The summed E-state index contributed by atoms with van der Waals surface area (Å²) in [5, 5.41) is 6.41. The number of aryl methyl sites for hydroxylation is 4. The molecule has 0 saturated heterocycles. The van der Waals surface area contributed by atoms with Gasteiger partial charge >= 0.3 is 0 Å². The Morgan fingerprint density at radius 2 is 1.16 bits per heavy atom. The molecule has 0 spiro atoms. The van der Waals surface area contributed by atoms with E-state index in [2.05, 4.69) is 69.2 Å². The van der Waals surface area contributed by atoms with Crippen LogP contribution in [0.5, 0.6) is 0 Å². The summed E-state index contributed by atoms with van der Waals surface area (Å²) in [5.41, 5.74) is 8.20. The monoisotopic (exact) mass is 432 g/mol. The van der Waals surface area contributed by atoms with Crippen LogP contribution in [-0.2, 0) is 0 Å². The molecule has 3 rings (SSSR count). The summed E-state index contributed by atoms with van der Waals surface area (Å²) in [7, 11) is 0. The maximum atomic E-state index is 11.6. The summed E-state index contributed by atoms with van der Waals surface area (Å²) in [5.74, 6) is 0.541. The summed E-state index contributed by atoms with van der Waals surface area (Å²) in [6.07, 6.45) is 0. The van der Waals surface area contributed by atoms with E-state index in [1.165, 1.54) is 11.1 Å². The van der Waals surface area contributed by atoms with Gasteiger partial charge < -0.3 is 10.6 Å². The lowest BCUT2D eigenvalue weighted by atomic mass is 9.95. The van der Waals surface area contributed by atoms with Crippen LogP contribution in [0.15, 0.2) is 58.3 Å². The van der Waals surface area contributed by atoms with Crippen LogP contribution in [0.3, 0.4) is 0 Å². The quantitative estimate of drug-likeness (QED) is 0.428. The van der Waals surface area contributed by atoms with Gasteiger partial charge in [-0.3, -0.25) is 9.59 Å². The van der Waals surface area contributed by atoms with Crippen molar-refractivity contribution in [1.82, 2.24) is 0 Å². The second-order valence-corrected chi connectivity index (χ2v) is 9.28. The normalized spacial score (nSPS) is 10.8. The minimum atomic E-state index is -0.405. The van der Waals surface area contributed by atoms with Crippen LogP contribution in [0.4, 0.5) is 17.1 Å². The van der Waals surface area contributed by atoms with Crippen molar-refractivity contribution in [3.8, 4) is 0 Å². The van der Waals surface area contributed by atoms with Gasteiger partial charge in [0.1, 0.15) is 0 Å². The van der Waals surface area contributed by atoms with E-state index in [-0.39, 0.29) is 11.3 Å². The van der Waals surface area contributed by atoms with E-state index in [0.717, 1.165) is 28.2 Å². The molecule has 0 aromatic heterocycles. The Hall–Kier alpha value is -3.14. The zero-order valence-electron chi connectivity index (χ0n) is 20.6. The SMILES string of the molecule is C=C(Nc1cc(C)cc(C)c1)C(C)C.Cc1cc(C)cc(Nc2c(C(C)C)c(=O)c2=O)c1. The Balaban J connectivity index is 0.000000235. The van der Waals surface area contributed by atoms with Gasteiger partial charge in [0.2, 0.25) is 10.9 Å². The Kier molecular flexibility index (Phi) is 8.20. The first kappa shape index (κ1) is 25.1. The molecular formula is C28H36N2O2. The predicted molar refractivity (Wildman–Crippen MR) is 138 cm³/mol. The molecule has 0 amide bonds. The van der Waals surface area contributed by atoms with E-state index in [0.29, 0.717) is 17.2 Å². The topological polar surface area (TPSA) is 58.2 Å². The summed E-state index contributed by atoms with van der Waals surface area (Å²) < 4.78 is 0. The molecule has 0 atom stereocenters. The van der Waals surface area contributed by atoms with Crippen molar-refractivity contribution in [3.05, 3.63) is 96.9 Å². The number of anilines is 3. The Bertz CT molecular complexity index is 1140. The molecule has 0 unspecified atom stereocenters. The van der Waals surface area contributed by atoms with Crippen molar-refractivity contribution in [2.24, 2.45) is 5.92 Å². The van der Waals surface area contributed by atoms with Crippen LogP contribution in [0.1, 0.15) is 61.4 Å². The molecular weight excluding hydrogens is 396 g/mol. The minimum Gasteiger partial charge on any atom is -0.359 e. The molecule has 3 aromatic rings. The maximum absolute atomic E-state index is 11.6. The standard InChI is InChI=1S/C15H17NO2.C13H19N/c1-8(2)12-13(15(18)14(12)17)16-11-6-9(3)5-10(4)7-11;1-9(2)12(5)14-13-7-10(3)6-11(4)8-13/h5-8,16H,1-4H3;6-9,14H,5H2,1-4H3. The van der Waals surface area contributed by atoms with Crippen LogP contribution in [0.25, 0.3) is 0 Å². The fraction of sp³-hybridized carbons (Fsp3) is 0.357. The van der Waals surface area contributed by atoms with E-state index >= 15 is 0 Å². The Morgan fingerprint density at radius 1 is 0.719 bits per heavy atom. The first-order chi connectivity index (χ1) is 14.9. The van der Waals surface area contributed by atoms with Gasteiger partial charge in [-0.1, -0.05) is 46.4 Å². The van der Waals surface area contributed by atoms with Crippen molar-refractivity contribution < 1.29 is 0 Å². The molecule has 0 bridgehead atoms. The largest absolute Gasteiger partial charge is 0.359 e. The van der Waals surface area contributed by atoms with Crippen LogP contribution >= 0.6 is 0 Å². The van der Waals surface area contributed by atoms with E-state index in [4.69, 9.17) is 0 Å². The van der Waals surface area contributed by atoms with E-state index in [1.807, 2.05) is 39.8 Å². The average Bonchev–Trinajstić information content (AvgIpc) is 2.65. The lowest BCUT2D eigenvalue weighted by Gasteiger charge is -2.16. The highest BCUT2D eigenvalue weighted by molar-refractivity contribution is 5.68. The van der Waals surface area contributed by atoms with Gasteiger partial charge in [0.05, 0.1) is 5.69 Å². The number of allylic oxidation sites excluding steroid dienone is 1. The van der Waals surface area contributed by atoms with E-state index < -0.39 is 5.43 Å². The number of hydrogen-bond donors (Lipinski definition) is 2. The summed E-state index contributed by atoms with van der Waals surface area (Å²) in [4.78, 5) is 23.1. The molecule has 0 heterocycles. The predicted octanol–water partition coefficient (Wildman–Crippen LogP) is 6.65. The van der Waals surface area contributed by atoms with Crippen molar-refractivity contribution >= 4 is 17.1 Å². The molecule has 0 saturated carbocycles. The number of nitrogens with one attached hydrogen (secondary N) is 2. The van der Waals surface area contributed by atoms with Gasteiger partial charge in [0.25, 0.3) is 0 Å². The molecule has 170 valence electrons. The first-order valence-corrected chi connectivity index (χ1v) is 11.1. The highest BCUT2D eigenvalue weighted by Crippen LogP contribution is 2.24. The summed E-state index contributed by atoms with van der Waals surface area (Å²) in [6, 6.07) is 12.4. The molecule has 0 radical (unpaired) electrons. The zero-order valence-corrected chi connectivity index (χ0v) is 20.6. The van der Waals surface area contributed by atoms with Crippen molar-refractivity contribution in [2.75, 3.05) is 10.6 Å². The lowest BCUT2D eigenvalue weighted by molar-refractivity contribution is 0.778. The second kappa shape index (κ2) is 10.4. The third kappa shape index (κ3) is 6.43. The van der Waals surface area contributed by atoms with Gasteiger partial charge in [-0.2, -0.15) is 0 Å². The zero-order chi connectivity index (χ0) is 24.2. The highest BCUT2D eigenvalue weighted by Gasteiger charge is 2.23. The third-order valence-electron chi connectivity index (χ3n) is 5.24. The molecule has 2 N–H and O–H groups in total. The summed E-state index contributed by atoms with van der Waals surface area (Å²) in [6.45, 7) is 20.3. The average molecular weight is 433 g/mol. The van der Waals surface area contributed by atoms with E-state index in [9.17, 15) is 9.59 Å². The van der Waals surface area contributed by atoms with Crippen LogP contribution in [0.2, 0.25) is 0 Å². The molecule has 0 aliphatic heterocycles. The Morgan fingerprint density at radius 3 is 1.56 bits per heavy atom. The van der Waals surface area contributed by atoms with Crippen LogP contribution in [0, 0.1) is 33.6 Å². The number of benzene rings is 2. The smallest absolute Gasteiger partial charge is 0.249 e. The highest BCUT2D eigenvalue weighted by atomic mass is 16.2. The van der Waals surface area contributed by atoms with E-state index in [1.54, 1.807) is 0 Å². The molecule has 0 aliphatic rings. The molecule has 0 fully saturated rings. The number of rotatable bonds is 6. The number of hydrogen-bond acceptors (Lipinski definition) is 4. The van der Waals surface area contributed by atoms with Crippen molar-refractivity contribution in [2.45, 2.75) is 61.3 Å². The minimum absolute atomic E-state index is 0.0728. The Labute approximate surface area is 192 Å². The van der Waals surface area contributed by atoms with Gasteiger partial charge in [-0.25, -0.2) is 0 Å². The van der Waals surface area contributed by atoms with Crippen molar-refractivity contribution in [1.29, 1.82) is 0 Å². The molecule has 4 nitrogen and oxygen atoms in total. The molecule has 0 aliphatic carbocycles. The third-order valence-corrected chi connectivity index (χ3v) is 5.24.